The van der Waals surface area contributed by atoms with Gasteiger partial charge in [-0.1, -0.05) is 13.0 Å². The van der Waals surface area contributed by atoms with E-state index in [0.717, 1.165) is 43.8 Å². The zero-order valence-electron chi connectivity index (χ0n) is 15.3. The van der Waals surface area contributed by atoms with E-state index in [1.54, 1.807) is 25.1 Å². The van der Waals surface area contributed by atoms with Crippen LogP contribution in [0.2, 0.25) is 0 Å². The van der Waals surface area contributed by atoms with Gasteiger partial charge in [0.1, 0.15) is 0 Å². The summed E-state index contributed by atoms with van der Waals surface area (Å²) in [5.41, 5.74) is 1.68. The minimum atomic E-state index is -3.37. The molecule has 1 heterocycles. The van der Waals surface area contributed by atoms with E-state index in [1.165, 1.54) is 12.8 Å². The van der Waals surface area contributed by atoms with E-state index in [4.69, 9.17) is 0 Å². The Morgan fingerprint density at radius 1 is 1.36 bits per heavy atom. The lowest BCUT2D eigenvalue weighted by Crippen LogP contribution is -2.36. The summed E-state index contributed by atoms with van der Waals surface area (Å²) in [6, 6.07) is 5.04. The number of nitrogens with zero attached hydrogens (tertiary/aromatic N) is 1. The maximum absolute atomic E-state index is 12.3. The molecule has 2 N–H and O–H groups in total. The van der Waals surface area contributed by atoms with Crippen LogP contribution in [0.4, 0.5) is 5.69 Å². The van der Waals surface area contributed by atoms with Crippen molar-refractivity contribution < 1.29 is 13.2 Å². The van der Waals surface area contributed by atoms with Crippen LogP contribution in [0.25, 0.3) is 0 Å². The molecule has 0 spiro atoms. The molecule has 0 aromatic heterocycles. The minimum Gasteiger partial charge on any atom is -0.352 e. The van der Waals surface area contributed by atoms with Crippen LogP contribution in [-0.4, -0.2) is 51.7 Å². The third-order valence-electron chi connectivity index (χ3n) is 4.47. The Balaban J connectivity index is 1.83. The first-order chi connectivity index (χ1) is 11.7. The van der Waals surface area contributed by atoms with Crippen molar-refractivity contribution in [1.82, 2.24) is 10.2 Å². The fraction of sp³-hybridized carbons (Fsp3) is 0.611. The number of piperidine rings is 1. The summed E-state index contributed by atoms with van der Waals surface area (Å²) in [6.07, 6.45) is 4.58. The monoisotopic (exact) mass is 367 g/mol. The summed E-state index contributed by atoms with van der Waals surface area (Å²) in [6.45, 7) is 8.00. The largest absolute Gasteiger partial charge is 0.352 e. The van der Waals surface area contributed by atoms with E-state index in [0.29, 0.717) is 17.8 Å². The van der Waals surface area contributed by atoms with Crippen LogP contribution in [0.5, 0.6) is 0 Å². The summed E-state index contributed by atoms with van der Waals surface area (Å²) in [5.74, 6) is 0.584. The number of nitrogens with one attached hydrogen (secondary N) is 2. The fourth-order valence-electron chi connectivity index (χ4n) is 3.17. The van der Waals surface area contributed by atoms with Gasteiger partial charge in [0.25, 0.3) is 5.91 Å². The Hall–Kier alpha value is -1.60. The Morgan fingerprint density at radius 2 is 2.12 bits per heavy atom. The molecule has 1 aromatic rings. The van der Waals surface area contributed by atoms with E-state index in [2.05, 4.69) is 21.9 Å². The Kier molecular flexibility index (Phi) is 6.84. The van der Waals surface area contributed by atoms with Crippen LogP contribution in [0.15, 0.2) is 18.2 Å². The molecule has 1 saturated heterocycles. The number of hydrogen-bond acceptors (Lipinski definition) is 4. The third-order valence-corrected chi connectivity index (χ3v) is 5.06. The molecule has 0 radical (unpaired) electrons. The second-order valence-electron chi connectivity index (χ2n) is 7.06. The van der Waals surface area contributed by atoms with Crippen LogP contribution in [0.3, 0.4) is 0 Å². The van der Waals surface area contributed by atoms with E-state index in [1.807, 2.05) is 0 Å². The molecule has 140 valence electrons. The van der Waals surface area contributed by atoms with Crippen molar-refractivity contribution in [2.24, 2.45) is 5.92 Å². The maximum Gasteiger partial charge on any atom is 0.251 e. The highest BCUT2D eigenvalue weighted by molar-refractivity contribution is 7.92. The lowest BCUT2D eigenvalue weighted by Gasteiger charge is -2.30. The number of sulfonamides is 1. The summed E-state index contributed by atoms with van der Waals surface area (Å²) in [7, 11) is -3.37. The Morgan fingerprint density at radius 3 is 2.80 bits per heavy atom. The lowest BCUT2D eigenvalue weighted by molar-refractivity contribution is 0.0950. The standard InChI is InChI=1S/C18H29N3O3S/c1-14-6-4-10-21(13-14)11-5-9-19-18(22)16-8-7-15(2)17(12-16)20-25(3,23)24/h7-8,12,14,20H,4-6,9-11,13H2,1-3H3,(H,19,22). The van der Waals surface area contributed by atoms with E-state index in [-0.39, 0.29) is 5.91 Å². The van der Waals surface area contributed by atoms with Gasteiger partial charge in [-0.15, -0.1) is 0 Å². The highest BCUT2D eigenvalue weighted by atomic mass is 32.2. The Labute approximate surface area is 151 Å². The predicted octanol–water partition coefficient (Wildman–Crippen LogP) is 2.22. The van der Waals surface area contributed by atoms with Crippen molar-refractivity contribution in [1.29, 1.82) is 0 Å². The predicted molar refractivity (Wildman–Crippen MR) is 101 cm³/mol. The number of likely N-dealkylation sites (tertiary alicyclic amines) is 1. The number of hydrogen-bond donors (Lipinski definition) is 2. The van der Waals surface area contributed by atoms with Gasteiger partial charge in [-0.05, 0) is 62.9 Å². The molecule has 25 heavy (non-hydrogen) atoms. The SMILES string of the molecule is Cc1ccc(C(=O)NCCCN2CCCC(C)C2)cc1NS(C)(=O)=O. The number of carbonyl (C=O) groups is 1. The lowest BCUT2D eigenvalue weighted by atomic mass is 10.0. The van der Waals surface area contributed by atoms with Crippen molar-refractivity contribution in [3.8, 4) is 0 Å². The van der Waals surface area contributed by atoms with E-state index >= 15 is 0 Å². The third kappa shape index (κ3) is 6.66. The van der Waals surface area contributed by atoms with Crippen molar-refractivity contribution in [3.05, 3.63) is 29.3 Å². The number of rotatable bonds is 7. The number of aryl methyl sites for hydroxylation is 1. The number of amides is 1. The van der Waals surface area contributed by atoms with Crippen molar-refractivity contribution in [2.45, 2.75) is 33.1 Å². The van der Waals surface area contributed by atoms with Crippen molar-refractivity contribution >= 4 is 21.6 Å². The van der Waals surface area contributed by atoms with Crippen LogP contribution >= 0.6 is 0 Å². The molecule has 1 fully saturated rings. The van der Waals surface area contributed by atoms with Crippen LogP contribution in [0, 0.1) is 12.8 Å². The molecule has 1 aliphatic rings. The summed E-state index contributed by atoms with van der Waals surface area (Å²) < 4.78 is 25.2. The van der Waals surface area contributed by atoms with Gasteiger partial charge >= 0.3 is 0 Å². The molecule has 7 heteroatoms. The van der Waals surface area contributed by atoms with Crippen LogP contribution in [0.1, 0.15) is 42.1 Å². The normalized spacial score (nSPS) is 18.8. The van der Waals surface area contributed by atoms with Gasteiger partial charge in [0, 0.05) is 18.7 Å². The van der Waals surface area contributed by atoms with Gasteiger partial charge in [-0.2, -0.15) is 0 Å². The highest BCUT2D eigenvalue weighted by Gasteiger charge is 2.15. The zero-order valence-corrected chi connectivity index (χ0v) is 16.2. The van der Waals surface area contributed by atoms with Crippen molar-refractivity contribution in [3.63, 3.8) is 0 Å². The van der Waals surface area contributed by atoms with Gasteiger partial charge in [-0.25, -0.2) is 8.42 Å². The average Bonchev–Trinajstić information content (AvgIpc) is 2.52. The molecule has 0 aliphatic carbocycles. The molecule has 1 atom stereocenters. The van der Waals surface area contributed by atoms with Crippen LogP contribution in [-0.2, 0) is 10.0 Å². The van der Waals surface area contributed by atoms with E-state index < -0.39 is 10.0 Å². The topological polar surface area (TPSA) is 78.5 Å². The van der Waals surface area contributed by atoms with Gasteiger partial charge in [0.15, 0.2) is 0 Å². The second-order valence-corrected chi connectivity index (χ2v) is 8.81. The van der Waals surface area contributed by atoms with Gasteiger partial charge in [0.05, 0.1) is 11.9 Å². The zero-order chi connectivity index (χ0) is 18.4. The smallest absolute Gasteiger partial charge is 0.251 e. The minimum absolute atomic E-state index is 0.177. The number of anilines is 1. The molecule has 2 rings (SSSR count). The first kappa shape index (κ1) is 19.7. The molecule has 1 unspecified atom stereocenters. The molecule has 1 amide bonds. The fourth-order valence-corrected chi connectivity index (χ4v) is 3.79. The molecule has 0 saturated carbocycles. The number of benzene rings is 1. The molecule has 0 bridgehead atoms. The summed E-state index contributed by atoms with van der Waals surface area (Å²) in [4.78, 5) is 14.7. The van der Waals surface area contributed by atoms with Crippen molar-refractivity contribution in [2.75, 3.05) is 37.2 Å². The first-order valence-corrected chi connectivity index (χ1v) is 10.7. The summed E-state index contributed by atoms with van der Waals surface area (Å²) >= 11 is 0. The second kappa shape index (κ2) is 8.67. The molecule has 6 nitrogen and oxygen atoms in total. The average molecular weight is 368 g/mol. The van der Waals surface area contributed by atoms with Gasteiger partial charge in [0.2, 0.25) is 10.0 Å². The number of carbonyl (C=O) groups excluding carboxylic acids is 1. The molecular formula is C18H29N3O3S. The molecule has 1 aliphatic heterocycles. The quantitative estimate of drug-likeness (QED) is 0.725. The molecular weight excluding hydrogens is 338 g/mol. The molecule has 1 aromatic carbocycles. The van der Waals surface area contributed by atoms with Gasteiger partial charge < -0.3 is 10.2 Å². The first-order valence-electron chi connectivity index (χ1n) is 8.83. The Bertz CT molecular complexity index is 704. The van der Waals surface area contributed by atoms with Gasteiger partial charge in [-0.3, -0.25) is 9.52 Å². The summed E-state index contributed by atoms with van der Waals surface area (Å²) in [5, 5.41) is 2.92. The van der Waals surface area contributed by atoms with E-state index in [9.17, 15) is 13.2 Å². The maximum atomic E-state index is 12.3. The highest BCUT2D eigenvalue weighted by Crippen LogP contribution is 2.18. The van der Waals surface area contributed by atoms with Crippen LogP contribution < -0.4 is 10.0 Å².